The fourth-order valence-electron chi connectivity index (χ4n) is 5.62. The van der Waals surface area contributed by atoms with Crippen LogP contribution in [-0.4, -0.2) is 62.4 Å². The SMILES string of the molecule is C#C[C@@](CO)(CC[C@@H](CCCCCCCCC)n1cnc2c(NC(=O)CCCCCC)nc(F)nc21)C(=O)OC1CCOC1. The van der Waals surface area contributed by atoms with Gasteiger partial charge in [0.25, 0.3) is 0 Å². The van der Waals surface area contributed by atoms with Crippen molar-refractivity contribution in [2.45, 2.75) is 129 Å². The van der Waals surface area contributed by atoms with Gasteiger partial charge in [-0.3, -0.25) is 9.59 Å². The standard InChI is InChI=1S/C33H50FN5O5/c1-4-7-9-11-12-13-14-16-25(18-20-33(6-3,23-40)31(42)44-26-19-21-43-22-26)39-24-35-28-29(37-32(34)38-30(28)39)36-27(41)17-15-10-8-5-2/h3,24-26,40H,4-5,7-23H2,1-2H3,(H,36,37,38,41)/t25-,26?,33+/m1/s1. The summed E-state index contributed by atoms with van der Waals surface area (Å²) in [5, 5.41) is 13.0. The Morgan fingerprint density at radius 1 is 1.14 bits per heavy atom. The summed E-state index contributed by atoms with van der Waals surface area (Å²) in [4.78, 5) is 38.1. The number of ether oxygens (including phenoxy) is 2. The van der Waals surface area contributed by atoms with Crippen molar-refractivity contribution in [3.8, 4) is 12.3 Å². The van der Waals surface area contributed by atoms with Gasteiger partial charge in [-0.1, -0.05) is 84.0 Å². The van der Waals surface area contributed by atoms with E-state index in [1.54, 1.807) is 10.9 Å². The first-order valence-electron chi connectivity index (χ1n) is 16.4. The van der Waals surface area contributed by atoms with Gasteiger partial charge < -0.3 is 24.5 Å². The minimum Gasteiger partial charge on any atom is -0.459 e. The second kappa shape index (κ2) is 18.6. The Morgan fingerprint density at radius 3 is 2.50 bits per heavy atom. The maximum absolute atomic E-state index is 14.7. The topological polar surface area (TPSA) is 128 Å². The molecule has 1 aliphatic rings. The van der Waals surface area contributed by atoms with Gasteiger partial charge in [0.1, 0.15) is 6.10 Å². The van der Waals surface area contributed by atoms with Crippen molar-refractivity contribution < 1.29 is 28.6 Å². The van der Waals surface area contributed by atoms with Crippen LogP contribution in [0.15, 0.2) is 6.33 Å². The number of carbonyl (C=O) groups is 2. The monoisotopic (exact) mass is 615 g/mol. The van der Waals surface area contributed by atoms with Gasteiger partial charge in [-0.15, -0.1) is 6.42 Å². The lowest BCUT2D eigenvalue weighted by atomic mass is 9.82. The van der Waals surface area contributed by atoms with Crippen molar-refractivity contribution in [2.75, 3.05) is 25.1 Å². The van der Waals surface area contributed by atoms with E-state index >= 15 is 0 Å². The molecule has 3 rings (SSSR count). The summed E-state index contributed by atoms with van der Waals surface area (Å²) < 4.78 is 27.4. The fourth-order valence-corrected chi connectivity index (χ4v) is 5.62. The molecule has 44 heavy (non-hydrogen) atoms. The average molecular weight is 616 g/mol. The highest BCUT2D eigenvalue weighted by molar-refractivity contribution is 5.96. The predicted octanol–water partition coefficient (Wildman–Crippen LogP) is 6.28. The number of halogens is 1. The van der Waals surface area contributed by atoms with Gasteiger partial charge in [-0.25, -0.2) is 4.98 Å². The molecule has 2 N–H and O–H groups in total. The number of carbonyl (C=O) groups excluding carboxylic acids is 2. The number of unbranched alkanes of at least 4 members (excludes halogenated alkanes) is 9. The molecular weight excluding hydrogens is 565 g/mol. The number of aromatic nitrogens is 4. The van der Waals surface area contributed by atoms with Crippen molar-refractivity contribution >= 4 is 28.9 Å². The maximum atomic E-state index is 14.7. The first kappa shape index (κ1) is 35.4. The van der Waals surface area contributed by atoms with Crippen molar-refractivity contribution in [1.82, 2.24) is 19.5 Å². The summed E-state index contributed by atoms with van der Waals surface area (Å²) in [6.07, 6.45) is 19.9. The van der Waals surface area contributed by atoms with Gasteiger partial charge >= 0.3 is 12.0 Å². The predicted molar refractivity (Wildman–Crippen MR) is 167 cm³/mol. The Hall–Kier alpha value is -3.10. The summed E-state index contributed by atoms with van der Waals surface area (Å²) in [7, 11) is 0. The molecule has 3 atom stereocenters. The third-order valence-electron chi connectivity index (χ3n) is 8.45. The molecular formula is C33H50FN5O5. The van der Waals surface area contributed by atoms with Crippen molar-refractivity contribution in [3.05, 3.63) is 12.4 Å². The van der Waals surface area contributed by atoms with Gasteiger partial charge in [0.15, 0.2) is 22.4 Å². The molecule has 2 aromatic rings. The molecule has 0 aromatic carbocycles. The van der Waals surface area contributed by atoms with Gasteiger partial charge in [0, 0.05) is 18.9 Å². The molecule has 0 bridgehead atoms. The van der Waals surface area contributed by atoms with Gasteiger partial charge in [0.2, 0.25) is 5.91 Å². The number of nitrogens with one attached hydrogen (secondary N) is 1. The van der Waals surface area contributed by atoms with Crippen LogP contribution in [0.2, 0.25) is 0 Å². The van der Waals surface area contributed by atoms with Gasteiger partial charge in [-0.05, 0) is 25.7 Å². The number of aliphatic hydroxyl groups is 1. The molecule has 11 heteroatoms. The van der Waals surface area contributed by atoms with Crippen molar-refractivity contribution in [1.29, 1.82) is 0 Å². The number of rotatable bonds is 21. The first-order valence-corrected chi connectivity index (χ1v) is 16.4. The number of fused-ring (bicyclic) bond motifs is 1. The highest BCUT2D eigenvalue weighted by Gasteiger charge is 2.40. The molecule has 0 spiro atoms. The molecule has 0 saturated carbocycles. The minimum absolute atomic E-state index is 0.0390. The zero-order valence-corrected chi connectivity index (χ0v) is 26.5. The highest BCUT2D eigenvalue weighted by Crippen LogP contribution is 2.34. The normalized spacial score (nSPS) is 16.8. The molecule has 0 radical (unpaired) electrons. The summed E-state index contributed by atoms with van der Waals surface area (Å²) in [6, 6.07) is -0.246. The quantitative estimate of drug-likeness (QED) is 0.0727. The van der Waals surface area contributed by atoms with Crippen molar-refractivity contribution in [3.63, 3.8) is 0 Å². The van der Waals surface area contributed by atoms with E-state index in [2.05, 4.69) is 40.0 Å². The van der Waals surface area contributed by atoms with Crippen LogP contribution < -0.4 is 5.32 Å². The summed E-state index contributed by atoms with van der Waals surface area (Å²) in [6.45, 7) is 4.55. The Morgan fingerprint density at radius 2 is 1.84 bits per heavy atom. The van der Waals surface area contributed by atoms with E-state index in [-0.39, 0.29) is 35.9 Å². The second-order valence-corrected chi connectivity index (χ2v) is 11.9. The van der Waals surface area contributed by atoms with Gasteiger partial charge in [0.05, 0.1) is 26.1 Å². The zero-order chi connectivity index (χ0) is 31.8. The van der Waals surface area contributed by atoms with Gasteiger partial charge in [-0.2, -0.15) is 14.4 Å². The van der Waals surface area contributed by atoms with Crippen LogP contribution in [0.4, 0.5) is 10.2 Å². The molecule has 1 fully saturated rings. The number of esters is 1. The number of imidazole rings is 1. The largest absolute Gasteiger partial charge is 0.459 e. The number of nitrogens with zero attached hydrogens (tertiary/aromatic N) is 4. The van der Waals surface area contributed by atoms with Crippen LogP contribution in [0.25, 0.3) is 11.2 Å². The lowest BCUT2D eigenvalue weighted by molar-refractivity contribution is -0.160. The minimum atomic E-state index is -1.52. The number of amides is 1. The molecule has 2 aromatic heterocycles. The third kappa shape index (κ3) is 10.2. The van der Waals surface area contributed by atoms with Crippen LogP contribution in [-0.2, 0) is 19.1 Å². The van der Waals surface area contributed by atoms with E-state index in [9.17, 15) is 19.1 Å². The van der Waals surface area contributed by atoms with E-state index < -0.39 is 24.1 Å². The first-order chi connectivity index (χ1) is 21.4. The number of terminal acetylenes is 1. The van der Waals surface area contributed by atoms with Crippen molar-refractivity contribution in [2.24, 2.45) is 5.41 Å². The summed E-state index contributed by atoms with van der Waals surface area (Å²) in [5.41, 5.74) is -0.967. The van der Waals surface area contributed by atoms with E-state index in [0.717, 1.165) is 44.9 Å². The molecule has 1 aliphatic heterocycles. The summed E-state index contributed by atoms with van der Waals surface area (Å²) in [5.74, 6) is 1.67. The number of hydrogen-bond donors (Lipinski definition) is 2. The van der Waals surface area contributed by atoms with E-state index in [1.807, 2.05) is 0 Å². The second-order valence-electron chi connectivity index (χ2n) is 11.9. The number of anilines is 1. The molecule has 1 unspecified atom stereocenters. The third-order valence-corrected chi connectivity index (χ3v) is 8.45. The Bertz CT molecular complexity index is 1230. The fraction of sp³-hybridized carbons (Fsp3) is 0.727. The molecule has 1 saturated heterocycles. The Balaban J connectivity index is 1.80. The maximum Gasteiger partial charge on any atom is 0.327 e. The smallest absolute Gasteiger partial charge is 0.327 e. The lowest BCUT2D eigenvalue weighted by Gasteiger charge is -2.28. The zero-order valence-electron chi connectivity index (χ0n) is 26.5. The van der Waals surface area contributed by atoms with Crippen LogP contribution in [0.1, 0.15) is 123 Å². The molecule has 244 valence electrons. The van der Waals surface area contributed by atoms with Crippen LogP contribution >= 0.6 is 0 Å². The summed E-state index contributed by atoms with van der Waals surface area (Å²) >= 11 is 0. The van der Waals surface area contributed by atoms with Crippen LogP contribution in [0, 0.1) is 23.8 Å². The molecule has 10 nitrogen and oxygen atoms in total. The average Bonchev–Trinajstić information content (AvgIpc) is 3.69. The Labute approximate surface area is 260 Å². The molecule has 1 amide bonds. The lowest BCUT2D eigenvalue weighted by Crippen LogP contribution is -2.38. The molecule has 3 heterocycles. The number of hydrogen-bond acceptors (Lipinski definition) is 8. The molecule has 0 aliphatic carbocycles. The van der Waals surface area contributed by atoms with E-state index in [4.69, 9.17) is 15.9 Å². The van der Waals surface area contributed by atoms with E-state index in [1.165, 1.54) is 25.7 Å². The number of aliphatic hydroxyl groups excluding tert-OH is 1. The van der Waals surface area contributed by atoms with Crippen LogP contribution in [0.3, 0.4) is 0 Å². The Kier molecular flexibility index (Phi) is 15.0. The van der Waals surface area contributed by atoms with E-state index in [0.29, 0.717) is 44.4 Å². The highest BCUT2D eigenvalue weighted by atomic mass is 19.1. The van der Waals surface area contributed by atoms with Crippen LogP contribution in [0.5, 0.6) is 0 Å².